The van der Waals surface area contributed by atoms with Crippen molar-refractivity contribution in [2.24, 2.45) is 0 Å². The van der Waals surface area contributed by atoms with Crippen LogP contribution in [-0.2, 0) is 0 Å². The van der Waals surface area contributed by atoms with E-state index in [9.17, 15) is 0 Å². The van der Waals surface area contributed by atoms with Gasteiger partial charge in [-0.2, -0.15) is 0 Å². The molecule has 0 unspecified atom stereocenters. The highest BCUT2D eigenvalue weighted by atomic mass is 16.5. The Balaban J connectivity index is 2.76. The lowest BCUT2D eigenvalue weighted by atomic mass is 10.3. The average Bonchev–Trinajstić information content (AvgIpc) is 2.08. The predicted octanol–water partition coefficient (Wildman–Crippen LogP) is 3.08. The van der Waals surface area contributed by atoms with E-state index in [1.54, 1.807) is 6.20 Å². The van der Waals surface area contributed by atoms with E-state index in [1.807, 2.05) is 39.8 Å². The molecule has 0 aliphatic heterocycles. The van der Waals surface area contributed by atoms with E-state index in [1.165, 1.54) is 5.57 Å². The van der Waals surface area contributed by atoms with Crippen LogP contribution >= 0.6 is 0 Å². The molecule has 13 heavy (non-hydrogen) atoms. The van der Waals surface area contributed by atoms with Gasteiger partial charge in [0.1, 0.15) is 5.75 Å². The molecule has 0 aliphatic rings. The Hall–Kier alpha value is -1.31. The summed E-state index contributed by atoms with van der Waals surface area (Å²) in [6.07, 6.45) is 1.74. The molecule has 0 radical (unpaired) electrons. The minimum Gasteiger partial charge on any atom is -0.460 e. The first-order valence-corrected chi connectivity index (χ1v) is 4.34. The molecule has 0 saturated carbocycles. The fourth-order valence-electron chi connectivity index (χ4n) is 0.793. The van der Waals surface area contributed by atoms with Crippen molar-refractivity contribution in [1.82, 2.24) is 4.98 Å². The zero-order chi connectivity index (χ0) is 9.84. The smallest absolute Gasteiger partial charge is 0.145 e. The zero-order valence-electron chi connectivity index (χ0n) is 8.59. The molecule has 0 aliphatic carbocycles. The van der Waals surface area contributed by atoms with Crippen LogP contribution in [-0.4, -0.2) is 4.98 Å². The highest BCUT2D eigenvalue weighted by Crippen LogP contribution is 2.14. The lowest BCUT2D eigenvalue weighted by Gasteiger charge is -2.06. The van der Waals surface area contributed by atoms with Crippen molar-refractivity contribution >= 4 is 0 Å². The molecule has 0 amide bonds. The zero-order valence-corrected chi connectivity index (χ0v) is 8.59. The summed E-state index contributed by atoms with van der Waals surface area (Å²) in [6.45, 7) is 7.96. The van der Waals surface area contributed by atoms with Gasteiger partial charge in [-0.05, 0) is 45.4 Å². The van der Waals surface area contributed by atoms with Gasteiger partial charge in [0.15, 0.2) is 0 Å². The van der Waals surface area contributed by atoms with Crippen LogP contribution in [0.4, 0.5) is 0 Å². The van der Waals surface area contributed by atoms with Crippen molar-refractivity contribution in [2.45, 2.75) is 27.7 Å². The maximum absolute atomic E-state index is 5.55. The predicted molar refractivity (Wildman–Crippen MR) is 53.7 cm³/mol. The van der Waals surface area contributed by atoms with Gasteiger partial charge in [0.2, 0.25) is 0 Å². The first kappa shape index (κ1) is 9.78. The molecule has 2 nitrogen and oxygen atoms in total. The third-order valence-electron chi connectivity index (χ3n) is 1.86. The van der Waals surface area contributed by atoms with Crippen LogP contribution in [0, 0.1) is 6.92 Å². The SMILES string of the molecule is CC(C)=C(C)Oc1ccc(C)nc1. The molecule has 0 bridgehead atoms. The monoisotopic (exact) mass is 177 g/mol. The molecule has 70 valence electrons. The van der Waals surface area contributed by atoms with Crippen LogP contribution < -0.4 is 4.74 Å². The summed E-state index contributed by atoms with van der Waals surface area (Å²) in [7, 11) is 0. The molecule has 1 aromatic heterocycles. The van der Waals surface area contributed by atoms with Crippen LogP contribution in [0.1, 0.15) is 26.5 Å². The molecule has 0 spiro atoms. The number of rotatable bonds is 2. The number of pyridine rings is 1. The van der Waals surface area contributed by atoms with E-state index in [-0.39, 0.29) is 0 Å². The fourth-order valence-corrected chi connectivity index (χ4v) is 0.793. The van der Waals surface area contributed by atoms with Gasteiger partial charge in [-0.1, -0.05) is 0 Å². The van der Waals surface area contributed by atoms with E-state index < -0.39 is 0 Å². The van der Waals surface area contributed by atoms with Crippen LogP contribution in [0.15, 0.2) is 29.7 Å². The maximum atomic E-state index is 5.55. The van der Waals surface area contributed by atoms with Crippen LogP contribution in [0.2, 0.25) is 0 Å². The summed E-state index contributed by atoms with van der Waals surface area (Å²) in [5.74, 6) is 1.73. The van der Waals surface area contributed by atoms with Crippen molar-refractivity contribution in [3.05, 3.63) is 35.4 Å². The van der Waals surface area contributed by atoms with Gasteiger partial charge in [0.25, 0.3) is 0 Å². The van der Waals surface area contributed by atoms with Gasteiger partial charge < -0.3 is 4.74 Å². The molecule has 0 atom stereocenters. The van der Waals surface area contributed by atoms with E-state index in [0.29, 0.717) is 0 Å². The second kappa shape index (κ2) is 4.08. The average molecular weight is 177 g/mol. The summed E-state index contributed by atoms with van der Waals surface area (Å²) in [5, 5.41) is 0. The molecular weight excluding hydrogens is 162 g/mol. The largest absolute Gasteiger partial charge is 0.460 e. The Morgan fingerprint density at radius 1 is 1.23 bits per heavy atom. The number of aryl methyl sites for hydroxylation is 1. The Labute approximate surface area is 79.3 Å². The summed E-state index contributed by atoms with van der Waals surface area (Å²) < 4.78 is 5.55. The van der Waals surface area contributed by atoms with Crippen molar-refractivity contribution in [3.63, 3.8) is 0 Å². The number of aromatic nitrogens is 1. The molecule has 0 saturated heterocycles. The summed E-state index contributed by atoms with van der Waals surface area (Å²) >= 11 is 0. The topological polar surface area (TPSA) is 22.1 Å². The summed E-state index contributed by atoms with van der Waals surface area (Å²) in [4.78, 5) is 4.14. The summed E-state index contributed by atoms with van der Waals surface area (Å²) in [5.41, 5.74) is 2.18. The second-order valence-corrected chi connectivity index (χ2v) is 3.29. The highest BCUT2D eigenvalue weighted by Gasteiger charge is 1.96. The molecular formula is C11H15NO. The lowest BCUT2D eigenvalue weighted by molar-refractivity contribution is 0.419. The van der Waals surface area contributed by atoms with Gasteiger partial charge in [-0.15, -0.1) is 0 Å². The first-order chi connectivity index (χ1) is 6.09. The molecule has 1 rings (SSSR count). The highest BCUT2D eigenvalue weighted by molar-refractivity contribution is 5.22. The second-order valence-electron chi connectivity index (χ2n) is 3.29. The van der Waals surface area contributed by atoms with Gasteiger partial charge >= 0.3 is 0 Å². The fraction of sp³-hybridized carbons (Fsp3) is 0.364. The third-order valence-corrected chi connectivity index (χ3v) is 1.86. The Bertz CT molecular complexity index is 307. The Morgan fingerprint density at radius 2 is 1.92 bits per heavy atom. The molecule has 0 N–H and O–H groups in total. The number of hydrogen-bond donors (Lipinski definition) is 0. The van der Waals surface area contributed by atoms with E-state index in [4.69, 9.17) is 4.74 Å². The molecule has 0 fully saturated rings. The van der Waals surface area contributed by atoms with E-state index >= 15 is 0 Å². The number of nitrogens with zero attached hydrogens (tertiary/aromatic N) is 1. The molecule has 0 aromatic carbocycles. The Morgan fingerprint density at radius 3 is 2.38 bits per heavy atom. The van der Waals surface area contributed by atoms with Crippen LogP contribution in [0.3, 0.4) is 0 Å². The van der Waals surface area contributed by atoms with Gasteiger partial charge in [0, 0.05) is 5.69 Å². The molecule has 2 heteroatoms. The van der Waals surface area contributed by atoms with Crippen molar-refractivity contribution in [3.8, 4) is 5.75 Å². The van der Waals surface area contributed by atoms with Crippen molar-refractivity contribution in [1.29, 1.82) is 0 Å². The van der Waals surface area contributed by atoms with Crippen LogP contribution in [0.5, 0.6) is 5.75 Å². The number of allylic oxidation sites excluding steroid dienone is 2. The minimum absolute atomic E-state index is 0.796. The number of ether oxygens (including phenoxy) is 1. The quantitative estimate of drug-likeness (QED) is 0.647. The van der Waals surface area contributed by atoms with E-state index in [0.717, 1.165) is 17.2 Å². The molecule has 1 heterocycles. The van der Waals surface area contributed by atoms with Crippen LogP contribution in [0.25, 0.3) is 0 Å². The maximum Gasteiger partial charge on any atom is 0.145 e. The summed E-state index contributed by atoms with van der Waals surface area (Å²) in [6, 6.07) is 3.86. The Kier molecular flexibility index (Phi) is 3.07. The third kappa shape index (κ3) is 2.90. The van der Waals surface area contributed by atoms with Crippen molar-refractivity contribution in [2.75, 3.05) is 0 Å². The standard InChI is InChI=1S/C11H15NO/c1-8(2)10(4)13-11-6-5-9(3)12-7-11/h5-7H,1-4H3. The molecule has 1 aromatic rings. The number of hydrogen-bond acceptors (Lipinski definition) is 2. The van der Waals surface area contributed by atoms with Gasteiger partial charge in [0.05, 0.1) is 12.0 Å². The van der Waals surface area contributed by atoms with Gasteiger partial charge in [-0.3, -0.25) is 4.98 Å². The van der Waals surface area contributed by atoms with E-state index in [2.05, 4.69) is 4.98 Å². The van der Waals surface area contributed by atoms with Crippen molar-refractivity contribution < 1.29 is 4.74 Å². The van der Waals surface area contributed by atoms with Gasteiger partial charge in [-0.25, -0.2) is 0 Å². The normalized spacial score (nSPS) is 9.54. The minimum atomic E-state index is 0.796. The lowest BCUT2D eigenvalue weighted by Crippen LogP contribution is -1.93. The first-order valence-electron chi connectivity index (χ1n) is 4.34.